The van der Waals surface area contributed by atoms with Crippen LogP contribution in [-0.2, 0) is 4.74 Å². The van der Waals surface area contributed by atoms with Crippen molar-refractivity contribution in [2.24, 2.45) is 5.73 Å². The molecule has 0 spiro atoms. The number of rotatable bonds is 5. The summed E-state index contributed by atoms with van der Waals surface area (Å²) >= 11 is 6.83. The van der Waals surface area contributed by atoms with Gasteiger partial charge in [-0.1, -0.05) is 25.2 Å². The van der Waals surface area contributed by atoms with Gasteiger partial charge in [0, 0.05) is 4.90 Å². The fraction of sp³-hybridized carbons (Fsp3) is 0.417. The molecule has 5 heteroatoms. The van der Waals surface area contributed by atoms with E-state index in [1.165, 1.54) is 0 Å². The molecule has 1 heterocycles. The van der Waals surface area contributed by atoms with Crippen molar-refractivity contribution in [3.8, 4) is 5.75 Å². The number of thiocarbonyl (C=S) groups is 1. The normalized spacial score (nSPS) is 15.4. The molecule has 1 aliphatic rings. The molecule has 2 N–H and O–H groups in total. The standard InChI is InChI=1S/C12H15NO2S2/c1-2-17-10-5-3-4-9(11(10)12(13)16)15-8-6-14-7-8/h3-5,8H,2,6-7H2,1H3,(H2,13,16). The van der Waals surface area contributed by atoms with E-state index in [-0.39, 0.29) is 6.10 Å². The van der Waals surface area contributed by atoms with Gasteiger partial charge in [-0.2, -0.15) is 0 Å². The number of hydrogen-bond acceptors (Lipinski definition) is 4. The Morgan fingerprint density at radius 3 is 2.88 bits per heavy atom. The molecule has 0 unspecified atom stereocenters. The van der Waals surface area contributed by atoms with Crippen LogP contribution in [0.4, 0.5) is 0 Å². The third-order valence-corrected chi connectivity index (χ3v) is 3.58. The fourth-order valence-electron chi connectivity index (χ4n) is 1.59. The summed E-state index contributed by atoms with van der Waals surface area (Å²) in [5.41, 5.74) is 6.64. The Hall–Kier alpha value is -0.780. The molecule has 3 nitrogen and oxygen atoms in total. The number of hydrogen-bond donors (Lipinski definition) is 1. The van der Waals surface area contributed by atoms with E-state index < -0.39 is 0 Å². The molecule has 0 aromatic heterocycles. The van der Waals surface area contributed by atoms with Gasteiger partial charge >= 0.3 is 0 Å². The van der Waals surface area contributed by atoms with Crippen LogP contribution in [0.15, 0.2) is 23.1 Å². The average Bonchev–Trinajstić information content (AvgIpc) is 2.23. The van der Waals surface area contributed by atoms with Gasteiger partial charge in [0.2, 0.25) is 0 Å². The second kappa shape index (κ2) is 5.71. The molecule has 0 amide bonds. The van der Waals surface area contributed by atoms with Crippen LogP contribution >= 0.6 is 24.0 Å². The Morgan fingerprint density at radius 2 is 2.35 bits per heavy atom. The van der Waals surface area contributed by atoms with Crippen molar-refractivity contribution in [3.05, 3.63) is 23.8 Å². The maximum Gasteiger partial charge on any atom is 0.145 e. The summed E-state index contributed by atoms with van der Waals surface area (Å²) in [6.45, 7) is 3.38. The van der Waals surface area contributed by atoms with Gasteiger partial charge in [0.15, 0.2) is 0 Å². The van der Waals surface area contributed by atoms with Crippen molar-refractivity contribution < 1.29 is 9.47 Å². The minimum absolute atomic E-state index is 0.130. The molecule has 1 fully saturated rings. The van der Waals surface area contributed by atoms with Crippen molar-refractivity contribution in [3.63, 3.8) is 0 Å². The van der Waals surface area contributed by atoms with Gasteiger partial charge in [-0.15, -0.1) is 11.8 Å². The predicted octanol–water partition coefficient (Wildman–Crippen LogP) is 2.21. The summed E-state index contributed by atoms with van der Waals surface area (Å²) < 4.78 is 10.9. The molecule has 1 aromatic carbocycles. The van der Waals surface area contributed by atoms with Gasteiger partial charge in [-0.3, -0.25) is 0 Å². The van der Waals surface area contributed by atoms with E-state index >= 15 is 0 Å². The van der Waals surface area contributed by atoms with Crippen molar-refractivity contribution in [2.75, 3.05) is 19.0 Å². The van der Waals surface area contributed by atoms with Crippen LogP contribution in [0.3, 0.4) is 0 Å². The van der Waals surface area contributed by atoms with E-state index in [1.807, 2.05) is 18.2 Å². The molecule has 1 aromatic rings. The molecular weight excluding hydrogens is 254 g/mol. The molecular formula is C12H15NO2S2. The lowest BCUT2D eigenvalue weighted by atomic mass is 10.2. The SMILES string of the molecule is CCSc1cccc(OC2COC2)c1C(N)=S. The molecule has 0 radical (unpaired) electrons. The maximum atomic E-state index is 5.82. The largest absolute Gasteiger partial charge is 0.485 e. The van der Waals surface area contributed by atoms with E-state index in [0.717, 1.165) is 22.0 Å². The molecule has 0 atom stereocenters. The third kappa shape index (κ3) is 2.91. The summed E-state index contributed by atoms with van der Waals surface area (Å²) in [6, 6.07) is 5.90. The van der Waals surface area contributed by atoms with Gasteiger partial charge < -0.3 is 15.2 Å². The van der Waals surface area contributed by atoms with Crippen molar-refractivity contribution >= 4 is 29.0 Å². The predicted molar refractivity (Wildman–Crippen MR) is 74.0 cm³/mol. The first-order chi connectivity index (χ1) is 8.22. The van der Waals surface area contributed by atoms with Crippen LogP contribution in [0.1, 0.15) is 12.5 Å². The Labute approximate surface area is 111 Å². The second-order valence-electron chi connectivity index (χ2n) is 3.70. The Kier molecular flexibility index (Phi) is 4.25. The molecule has 0 aliphatic carbocycles. The smallest absolute Gasteiger partial charge is 0.145 e. The highest BCUT2D eigenvalue weighted by Gasteiger charge is 2.22. The Balaban J connectivity index is 2.28. The van der Waals surface area contributed by atoms with Gasteiger partial charge in [0.1, 0.15) is 16.8 Å². The molecule has 2 rings (SSSR count). The number of ether oxygens (including phenoxy) is 2. The van der Waals surface area contributed by atoms with E-state index in [1.54, 1.807) is 11.8 Å². The minimum atomic E-state index is 0.130. The molecule has 1 saturated heterocycles. The zero-order valence-corrected chi connectivity index (χ0v) is 11.3. The topological polar surface area (TPSA) is 44.5 Å². The van der Waals surface area contributed by atoms with E-state index in [0.29, 0.717) is 18.2 Å². The van der Waals surface area contributed by atoms with Crippen LogP contribution in [0.2, 0.25) is 0 Å². The monoisotopic (exact) mass is 269 g/mol. The quantitative estimate of drug-likeness (QED) is 0.656. The first-order valence-corrected chi connectivity index (χ1v) is 6.91. The van der Waals surface area contributed by atoms with Gasteiger partial charge in [0.25, 0.3) is 0 Å². The second-order valence-corrected chi connectivity index (χ2v) is 5.45. The van der Waals surface area contributed by atoms with Crippen LogP contribution in [-0.4, -0.2) is 30.1 Å². The number of nitrogens with two attached hydrogens (primary N) is 1. The molecule has 92 valence electrons. The lowest BCUT2D eigenvalue weighted by Crippen LogP contribution is -2.39. The first-order valence-electron chi connectivity index (χ1n) is 5.52. The van der Waals surface area contributed by atoms with Crippen LogP contribution in [0.5, 0.6) is 5.75 Å². The van der Waals surface area contributed by atoms with Crippen molar-refractivity contribution in [2.45, 2.75) is 17.9 Å². The molecule has 17 heavy (non-hydrogen) atoms. The van der Waals surface area contributed by atoms with Gasteiger partial charge in [-0.25, -0.2) is 0 Å². The molecule has 1 aliphatic heterocycles. The summed E-state index contributed by atoms with van der Waals surface area (Å²) in [6.07, 6.45) is 0.130. The zero-order chi connectivity index (χ0) is 12.3. The third-order valence-electron chi connectivity index (χ3n) is 2.44. The van der Waals surface area contributed by atoms with Gasteiger partial charge in [0.05, 0.1) is 18.8 Å². The summed E-state index contributed by atoms with van der Waals surface area (Å²) in [5, 5.41) is 0. The van der Waals surface area contributed by atoms with E-state index in [4.69, 9.17) is 27.4 Å². The Morgan fingerprint density at radius 1 is 1.59 bits per heavy atom. The molecule has 0 bridgehead atoms. The van der Waals surface area contributed by atoms with Crippen molar-refractivity contribution in [1.29, 1.82) is 0 Å². The van der Waals surface area contributed by atoms with E-state index in [9.17, 15) is 0 Å². The number of thioether (sulfide) groups is 1. The maximum absolute atomic E-state index is 5.82. The lowest BCUT2D eigenvalue weighted by Gasteiger charge is -2.28. The van der Waals surface area contributed by atoms with Crippen LogP contribution < -0.4 is 10.5 Å². The average molecular weight is 269 g/mol. The minimum Gasteiger partial charge on any atom is -0.485 e. The number of benzene rings is 1. The summed E-state index contributed by atoms with van der Waals surface area (Å²) in [7, 11) is 0. The summed E-state index contributed by atoms with van der Waals surface area (Å²) in [5.74, 6) is 1.75. The fourth-order valence-corrected chi connectivity index (χ4v) is 2.71. The highest BCUT2D eigenvalue weighted by molar-refractivity contribution is 7.99. The highest BCUT2D eigenvalue weighted by Crippen LogP contribution is 2.31. The van der Waals surface area contributed by atoms with Crippen molar-refractivity contribution in [1.82, 2.24) is 0 Å². The lowest BCUT2D eigenvalue weighted by molar-refractivity contribution is -0.0798. The van der Waals surface area contributed by atoms with Crippen LogP contribution in [0, 0.1) is 0 Å². The first kappa shape index (κ1) is 12.7. The van der Waals surface area contributed by atoms with Gasteiger partial charge in [-0.05, 0) is 17.9 Å². The highest BCUT2D eigenvalue weighted by atomic mass is 32.2. The van der Waals surface area contributed by atoms with E-state index in [2.05, 4.69) is 6.92 Å². The zero-order valence-electron chi connectivity index (χ0n) is 9.64. The van der Waals surface area contributed by atoms with Crippen LogP contribution in [0.25, 0.3) is 0 Å². The Bertz CT molecular complexity index is 419. The molecule has 0 saturated carbocycles. The summed E-state index contributed by atoms with van der Waals surface area (Å²) in [4.78, 5) is 1.47.